The van der Waals surface area contributed by atoms with Gasteiger partial charge < -0.3 is 5.73 Å². The summed E-state index contributed by atoms with van der Waals surface area (Å²) in [7, 11) is -0.935. The summed E-state index contributed by atoms with van der Waals surface area (Å²) in [4.78, 5) is 0. The average molecular weight is 301 g/mol. The van der Waals surface area contributed by atoms with E-state index in [2.05, 4.69) is 31.2 Å². The molecule has 0 radical (unpaired) electrons. The fraction of sp³-hybridized carbons (Fsp3) is 0.333. The van der Waals surface area contributed by atoms with E-state index in [-0.39, 0.29) is 6.04 Å². The summed E-state index contributed by atoms with van der Waals surface area (Å²) in [5.41, 5.74) is 9.68. The molecule has 0 aliphatic heterocycles. The van der Waals surface area contributed by atoms with Gasteiger partial charge in [-0.05, 0) is 23.1 Å². The van der Waals surface area contributed by atoms with Crippen LogP contribution < -0.4 is 5.73 Å². The molecule has 0 bridgehead atoms. The summed E-state index contributed by atoms with van der Waals surface area (Å²) in [6.07, 6.45) is 2.24. The predicted molar refractivity (Wildman–Crippen MR) is 90.5 cm³/mol. The van der Waals surface area contributed by atoms with Gasteiger partial charge in [0, 0.05) is 28.3 Å². The van der Waals surface area contributed by atoms with Gasteiger partial charge in [-0.1, -0.05) is 67.9 Å². The monoisotopic (exact) mass is 301 g/mol. The minimum atomic E-state index is -0.935. The van der Waals surface area contributed by atoms with Crippen molar-refractivity contribution >= 4 is 10.8 Å². The Kier molecular flexibility index (Phi) is 6.15. The molecule has 2 atom stereocenters. The van der Waals surface area contributed by atoms with E-state index in [4.69, 9.17) is 5.73 Å². The maximum absolute atomic E-state index is 12.2. The topological polar surface area (TPSA) is 43.1 Å². The third-order valence-corrected chi connectivity index (χ3v) is 4.87. The lowest BCUT2D eigenvalue weighted by molar-refractivity contribution is 0.674. The van der Waals surface area contributed by atoms with Crippen molar-refractivity contribution in [1.82, 2.24) is 0 Å². The van der Waals surface area contributed by atoms with E-state index in [0.29, 0.717) is 11.5 Å². The second kappa shape index (κ2) is 8.11. The highest BCUT2D eigenvalue weighted by atomic mass is 32.2. The Balaban J connectivity index is 1.91. The van der Waals surface area contributed by atoms with Crippen LogP contribution in [0, 0.1) is 0 Å². The SMILES string of the molecule is CCCc1ccc(C(N)CS(=O)Cc2ccccc2)cc1. The molecule has 0 spiro atoms. The van der Waals surface area contributed by atoms with Crippen molar-refractivity contribution in [3.05, 3.63) is 71.3 Å². The number of aryl methyl sites for hydroxylation is 1. The predicted octanol–water partition coefficient (Wildman–Crippen LogP) is 3.59. The van der Waals surface area contributed by atoms with Gasteiger partial charge in [0.25, 0.3) is 0 Å². The van der Waals surface area contributed by atoms with Crippen LogP contribution in [-0.2, 0) is 23.0 Å². The van der Waals surface area contributed by atoms with E-state index in [1.54, 1.807) is 0 Å². The smallest absolute Gasteiger partial charge is 0.0486 e. The van der Waals surface area contributed by atoms with Crippen LogP contribution in [0.2, 0.25) is 0 Å². The van der Waals surface area contributed by atoms with Crippen LogP contribution in [0.4, 0.5) is 0 Å². The Morgan fingerprint density at radius 3 is 2.29 bits per heavy atom. The zero-order valence-electron chi connectivity index (χ0n) is 12.5. The van der Waals surface area contributed by atoms with Crippen LogP contribution in [0.15, 0.2) is 54.6 Å². The molecule has 0 saturated heterocycles. The molecule has 2 aromatic rings. The summed E-state index contributed by atoms with van der Waals surface area (Å²) in [5.74, 6) is 1.07. The first kappa shape index (κ1) is 15.9. The molecule has 0 amide bonds. The van der Waals surface area contributed by atoms with E-state index in [9.17, 15) is 4.21 Å². The zero-order valence-corrected chi connectivity index (χ0v) is 13.3. The van der Waals surface area contributed by atoms with Crippen molar-refractivity contribution in [2.75, 3.05) is 5.75 Å². The van der Waals surface area contributed by atoms with Crippen LogP contribution >= 0.6 is 0 Å². The maximum Gasteiger partial charge on any atom is 0.0486 e. The molecule has 0 saturated carbocycles. The molecule has 0 heterocycles. The first-order chi connectivity index (χ1) is 10.2. The van der Waals surface area contributed by atoms with Crippen molar-refractivity contribution in [2.45, 2.75) is 31.6 Å². The van der Waals surface area contributed by atoms with E-state index >= 15 is 0 Å². The number of hydrogen-bond acceptors (Lipinski definition) is 2. The van der Waals surface area contributed by atoms with Gasteiger partial charge >= 0.3 is 0 Å². The molecule has 2 nitrogen and oxygen atoms in total. The molecular weight excluding hydrogens is 278 g/mol. The van der Waals surface area contributed by atoms with Crippen LogP contribution in [0.5, 0.6) is 0 Å². The number of benzene rings is 2. The minimum Gasteiger partial charge on any atom is -0.323 e. The molecule has 3 heteroatoms. The molecule has 112 valence electrons. The Morgan fingerprint density at radius 2 is 1.67 bits per heavy atom. The third kappa shape index (κ3) is 5.10. The molecule has 0 aromatic heterocycles. The van der Waals surface area contributed by atoms with Gasteiger partial charge in [0.1, 0.15) is 0 Å². The lowest BCUT2D eigenvalue weighted by atomic mass is 10.0. The van der Waals surface area contributed by atoms with Crippen molar-refractivity contribution in [2.24, 2.45) is 5.73 Å². The van der Waals surface area contributed by atoms with Crippen LogP contribution in [-0.4, -0.2) is 9.96 Å². The highest BCUT2D eigenvalue weighted by Crippen LogP contribution is 2.15. The first-order valence-corrected chi connectivity index (χ1v) is 8.91. The number of rotatable bonds is 7. The van der Waals surface area contributed by atoms with E-state index in [0.717, 1.165) is 24.0 Å². The van der Waals surface area contributed by atoms with Crippen molar-refractivity contribution < 1.29 is 4.21 Å². The quantitative estimate of drug-likeness (QED) is 0.849. The molecule has 0 fully saturated rings. The van der Waals surface area contributed by atoms with Gasteiger partial charge in [-0.25, -0.2) is 0 Å². The van der Waals surface area contributed by atoms with Crippen molar-refractivity contribution in [3.8, 4) is 0 Å². The molecular formula is C18H23NOS. The first-order valence-electron chi connectivity index (χ1n) is 7.42. The molecule has 21 heavy (non-hydrogen) atoms. The summed E-state index contributed by atoms with van der Waals surface area (Å²) in [5, 5.41) is 0. The fourth-order valence-corrected chi connectivity index (χ4v) is 3.61. The molecule has 2 aromatic carbocycles. The van der Waals surface area contributed by atoms with Crippen LogP contribution in [0.3, 0.4) is 0 Å². The Labute approximate surface area is 129 Å². The van der Waals surface area contributed by atoms with Gasteiger partial charge in [0.2, 0.25) is 0 Å². The number of hydrogen-bond donors (Lipinski definition) is 1. The summed E-state index contributed by atoms with van der Waals surface area (Å²) < 4.78 is 12.2. The second-order valence-corrected chi connectivity index (χ2v) is 6.84. The standard InChI is InChI=1S/C18H23NOS/c1-2-6-15-9-11-17(12-10-15)18(19)14-21(20)13-16-7-4-3-5-8-16/h3-5,7-12,18H,2,6,13-14,19H2,1H3. The van der Waals surface area contributed by atoms with Crippen molar-refractivity contribution in [3.63, 3.8) is 0 Å². The molecule has 2 unspecified atom stereocenters. The third-order valence-electron chi connectivity index (χ3n) is 3.48. The summed E-state index contributed by atoms with van der Waals surface area (Å²) in [6, 6.07) is 18.1. The molecule has 0 aliphatic carbocycles. The van der Waals surface area contributed by atoms with Gasteiger partial charge in [-0.2, -0.15) is 0 Å². The van der Waals surface area contributed by atoms with E-state index < -0.39 is 10.8 Å². The fourth-order valence-electron chi connectivity index (χ4n) is 2.34. The summed E-state index contributed by atoms with van der Waals surface area (Å²) in [6.45, 7) is 2.17. The number of nitrogens with two attached hydrogens (primary N) is 1. The average Bonchev–Trinajstić information content (AvgIpc) is 2.49. The highest BCUT2D eigenvalue weighted by molar-refractivity contribution is 7.84. The Hall–Kier alpha value is -1.45. The van der Waals surface area contributed by atoms with E-state index in [1.165, 1.54) is 5.56 Å². The van der Waals surface area contributed by atoms with Crippen molar-refractivity contribution in [1.29, 1.82) is 0 Å². The highest BCUT2D eigenvalue weighted by Gasteiger charge is 2.11. The minimum absolute atomic E-state index is 0.162. The lowest BCUT2D eigenvalue weighted by Crippen LogP contribution is -2.19. The molecule has 2 N–H and O–H groups in total. The van der Waals surface area contributed by atoms with Gasteiger partial charge in [0.15, 0.2) is 0 Å². The van der Waals surface area contributed by atoms with Crippen LogP contribution in [0.1, 0.15) is 36.1 Å². The zero-order chi connectivity index (χ0) is 15.1. The second-order valence-electron chi connectivity index (χ2n) is 5.33. The molecule has 2 rings (SSSR count). The maximum atomic E-state index is 12.2. The van der Waals surface area contributed by atoms with Gasteiger partial charge in [-0.3, -0.25) is 4.21 Å². The lowest BCUT2D eigenvalue weighted by Gasteiger charge is -2.12. The molecule has 0 aliphatic rings. The Bertz CT molecular complexity index is 566. The van der Waals surface area contributed by atoms with Crippen LogP contribution in [0.25, 0.3) is 0 Å². The van der Waals surface area contributed by atoms with E-state index in [1.807, 2.05) is 30.3 Å². The Morgan fingerprint density at radius 1 is 1.00 bits per heavy atom. The van der Waals surface area contributed by atoms with Gasteiger partial charge in [-0.15, -0.1) is 0 Å². The van der Waals surface area contributed by atoms with Gasteiger partial charge in [0.05, 0.1) is 0 Å². The normalized spacial score (nSPS) is 13.8. The summed E-state index contributed by atoms with van der Waals surface area (Å²) >= 11 is 0. The largest absolute Gasteiger partial charge is 0.323 e.